The van der Waals surface area contributed by atoms with E-state index in [2.05, 4.69) is 58.0 Å². The van der Waals surface area contributed by atoms with Crippen molar-refractivity contribution < 1.29 is 15.0 Å². The van der Waals surface area contributed by atoms with Crippen molar-refractivity contribution in [3.63, 3.8) is 0 Å². The van der Waals surface area contributed by atoms with Crippen LogP contribution in [0.4, 0.5) is 28.4 Å². The Hall–Kier alpha value is -7.24. The molecule has 7 aromatic carbocycles. The Labute approximate surface area is 313 Å². The molecule has 0 bridgehead atoms. The number of phenolic OH excluding ortho intramolecular Hbond substituents is 1. The Morgan fingerprint density at radius 2 is 1.20 bits per heavy atom. The maximum atomic E-state index is 14.0. The molecule has 5 nitrogen and oxygen atoms in total. The van der Waals surface area contributed by atoms with Gasteiger partial charge in [-0.05, 0) is 65.7 Å². The molecule has 0 spiro atoms. The van der Waals surface area contributed by atoms with Gasteiger partial charge in [0.15, 0.2) is 5.78 Å². The number of rotatable bonds is 6. The smallest absolute Gasteiger partial charge is 0.219 e. The van der Waals surface area contributed by atoms with E-state index in [0.717, 1.165) is 55.7 Å². The van der Waals surface area contributed by atoms with Crippen LogP contribution in [-0.4, -0.2) is 21.7 Å². The first-order chi connectivity index (χ1) is 26.5. The fourth-order valence-corrected chi connectivity index (χ4v) is 7.73. The average Bonchev–Trinajstić information content (AvgIpc) is 3.21. The number of phenols is 1. The minimum absolute atomic E-state index is 0.00331. The first kappa shape index (κ1) is 32.7. The van der Waals surface area contributed by atoms with Crippen molar-refractivity contribution >= 4 is 67.0 Å². The van der Waals surface area contributed by atoms with E-state index in [-0.39, 0.29) is 17.3 Å². The molecule has 2 aliphatic carbocycles. The molecule has 7 aromatic rings. The average molecular weight is 700 g/mol. The van der Waals surface area contributed by atoms with Crippen molar-refractivity contribution in [3.05, 3.63) is 210 Å². The molecular formula is C49H35N2O3+. The third-order valence-corrected chi connectivity index (χ3v) is 10.3. The van der Waals surface area contributed by atoms with Crippen molar-refractivity contribution in [2.24, 2.45) is 0 Å². The van der Waals surface area contributed by atoms with Gasteiger partial charge in [-0.2, -0.15) is 4.58 Å². The SMILES string of the molecule is CC1=C(c2ccc(N(c3ccccc3)c3cccc4ccccc34)cc2O)C(=O)/C1=C1\C=CC(=[N+](c2ccccc2)c2cccc3ccccc23)C=C1O. The summed E-state index contributed by atoms with van der Waals surface area (Å²) in [7, 11) is 0. The summed E-state index contributed by atoms with van der Waals surface area (Å²) >= 11 is 0. The van der Waals surface area contributed by atoms with Crippen LogP contribution in [0.25, 0.3) is 27.1 Å². The summed E-state index contributed by atoms with van der Waals surface area (Å²) in [5, 5.41) is 27.5. The highest BCUT2D eigenvalue weighted by molar-refractivity contribution is 6.40. The number of hydrogen-bond acceptors (Lipinski definition) is 4. The lowest BCUT2D eigenvalue weighted by Gasteiger charge is -2.29. The van der Waals surface area contributed by atoms with Crippen LogP contribution < -0.4 is 9.48 Å². The van der Waals surface area contributed by atoms with E-state index >= 15 is 0 Å². The van der Waals surface area contributed by atoms with Crippen LogP contribution in [0.2, 0.25) is 0 Å². The number of benzene rings is 7. The van der Waals surface area contributed by atoms with Gasteiger partial charge in [0.25, 0.3) is 0 Å². The zero-order valence-electron chi connectivity index (χ0n) is 29.5. The predicted octanol–water partition coefficient (Wildman–Crippen LogP) is 11.8. The molecule has 9 rings (SSSR count). The number of Topliss-reactive ketones (excluding diaryl/α,β-unsaturated/α-hetero) is 1. The fraction of sp³-hybridized carbons (Fsp3) is 0.0204. The van der Waals surface area contributed by atoms with Crippen molar-refractivity contribution in [1.29, 1.82) is 0 Å². The molecule has 2 N–H and O–H groups in total. The highest BCUT2D eigenvalue weighted by atomic mass is 16.3. The van der Waals surface area contributed by atoms with E-state index in [9.17, 15) is 15.0 Å². The lowest BCUT2D eigenvalue weighted by molar-refractivity contribution is -0.111. The monoisotopic (exact) mass is 699 g/mol. The van der Waals surface area contributed by atoms with E-state index < -0.39 is 0 Å². The number of fused-ring (bicyclic) bond motifs is 2. The van der Waals surface area contributed by atoms with Crippen LogP contribution in [0.1, 0.15) is 12.5 Å². The Bertz CT molecular complexity index is 2800. The van der Waals surface area contributed by atoms with Gasteiger partial charge < -0.3 is 15.1 Å². The molecule has 0 aliphatic heterocycles. The third-order valence-electron chi connectivity index (χ3n) is 10.3. The maximum absolute atomic E-state index is 14.0. The molecule has 0 aromatic heterocycles. The van der Waals surface area contributed by atoms with Gasteiger partial charge in [0.05, 0.1) is 17.1 Å². The summed E-state index contributed by atoms with van der Waals surface area (Å²) in [4.78, 5) is 16.1. The van der Waals surface area contributed by atoms with Gasteiger partial charge >= 0.3 is 0 Å². The highest BCUT2D eigenvalue weighted by Crippen LogP contribution is 2.46. The number of aromatic hydroxyl groups is 1. The second-order valence-corrected chi connectivity index (χ2v) is 13.4. The first-order valence-electron chi connectivity index (χ1n) is 17.9. The van der Waals surface area contributed by atoms with Crippen LogP contribution in [0, 0.1) is 0 Å². The molecule has 0 amide bonds. The number of aliphatic hydroxyl groups excluding tert-OH is 1. The largest absolute Gasteiger partial charge is 0.507 e. The maximum Gasteiger partial charge on any atom is 0.219 e. The molecule has 258 valence electrons. The third kappa shape index (κ3) is 5.51. The molecule has 54 heavy (non-hydrogen) atoms. The number of para-hydroxylation sites is 2. The molecule has 0 saturated heterocycles. The van der Waals surface area contributed by atoms with Gasteiger partial charge in [0.1, 0.15) is 11.5 Å². The summed E-state index contributed by atoms with van der Waals surface area (Å²) in [6.07, 6.45) is 5.46. The topological polar surface area (TPSA) is 63.8 Å². The van der Waals surface area contributed by atoms with Gasteiger partial charge in [-0.3, -0.25) is 4.79 Å². The van der Waals surface area contributed by atoms with Crippen LogP contribution in [0.3, 0.4) is 0 Å². The number of anilines is 3. The summed E-state index contributed by atoms with van der Waals surface area (Å²) < 4.78 is 2.11. The first-order valence-corrected chi connectivity index (χ1v) is 17.9. The van der Waals surface area contributed by atoms with Gasteiger partial charge in [-0.15, -0.1) is 0 Å². The second kappa shape index (κ2) is 13.4. The van der Waals surface area contributed by atoms with Gasteiger partial charge in [-0.25, -0.2) is 0 Å². The van der Waals surface area contributed by atoms with Crippen molar-refractivity contribution in [3.8, 4) is 5.75 Å². The number of nitrogens with zero attached hydrogens (tertiary/aromatic N) is 2. The Morgan fingerprint density at radius 3 is 1.91 bits per heavy atom. The lowest BCUT2D eigenvalue weighted by Crippen LogP contribution is -2.23. The standard InChI is InChI=1S/C49H34N2O3/c1-32-47(41-28-26-37(30-45(41)52)50(35-18-4-2-5-19-35)43-24-12-16-33-14-8-10-22-39(33)43)49(54)48(32)42-29-27-38(31-46(42)53)51(36-20-6-3-7-21-36)44-25-13-17-34-15-9-11-23-40(34)44/h2-31H,1H3,(H,52,53)/p+1. The predicted molar refractivity (Wildman–Crippen MR) is 222 cm³/mol. The van der Waals surface area contributed by atoms with Gasteiger partial charge in [0.2, 0.25) is 17.1 Å². The minimum atomic E-state index is -0.221. The normalized spacial score (nSPS) is 16.4. The number of carbonyl (C=O) groups excluding carboxylic acids is 1. The molecule has 0 heterocycles. The van der Waals surface area contributed by atoms with Gasteiger partial charge in [-0.1, -0.05) is 103 Å². The van der Waals surface area contributed by atoms with Crippen LogP contribution in [0.15, 0.2) is 204 Å². The highest BCUT2D eigenvalue weighted by Gasteiger charge is 2.37. The quantitative estimate of drug-likeness (QED) is 0.134. The second-order valence-electron chi connectivity index (χ2n) is 13.4. The summed E-state index contributed by atoms with van der Waals surface area (Å²) in [6, 6.07) is 54.4. The van der Waals surface area contributed by atoms with Crippen LogP contribution in [-0.2, 0) is 4.79 Å². The van der Waals surface area contributed by atoms with E-state index in [1.165, 1.54) is 0 Å². The number of aliphatic hydroxyl groups is 1. The van der Waals surface area contributed by atoms with E-state index in [1.807, 2.05) is 128 Å². The Kier molecular flexibility index (Phi) is 8.09. The fourth-order valence-electron chi connectivity index (χ4n) is 7.73. The molecule has 0 radical (unpaired) electrons. The van der Waals surface area contributed by atoms with E-state index in [0.29, 0.717) is 27.9 Å². The summed E-state index contributed by atoms with van der Waals surface area (Å²) in [6.45, 7) is 1.87. The van der Waals surface area contributed by atoms with Crippen molar-refractivity contribution in [2.75, 3.05) is 4.90 Å². The molecule has 0 fully saturated rings. The Balaban J connectivity index is 1.10. The zero-order valence-corrected chi connectivity index (χ0v) is 29.5. The number of allylic oxidation sites excluding steroid dienone is 6. The van der Waals surface area contributed by atoms with E-state index in [4.69, 9.17) is 0 Å². The number of hydrogen-bond donors (Lipinski definition) is 2. The van der Waals surface area contributed by atoms with Gasteiger partial charge in [0, 0.05) is 69.4 Å². The minimum Gasteiger partial charge on any atom is -0.507 e. The van der Waals surface area contributed by atoms with E-state index in [1.54, 1.807) is 12.1 Å². The Morgan fingerprint density at radius 1 is 0.574 bits per heavy atom. The van der Waals surface area contributed by atoms with Crippen LogP contribution in [0.5, 0.6) is 5.75 Å². The number of carbonyl (C=O) groups is 1. The molecular weight excluding hydrogens is 665 g/mol. The zero-order chi connectivity index (χ0) is 36.8. The molecule has 2 aliphatic rings. The lowest BCUT2D eigenvalue weighted by atomic mass is 9.75. The summed E-state index contributed by atoms with van der Waals surface area (Å²) in [5.74, 6) is -0.214. The van der Waals surface area contributed by atoms with Crippen LogP contribution >= 0.6 is 0 Å². The van der Waals surface area contributed by atoms with Crippen molar-refractivity contribution in [2.45, 2.75) is 6.92 Å². The molecule has 0 saturated carbocycles. The molecule has 5 heteroatoms. The molecule has 0 unspecified atom stereocenters. The number of ketones is 1. The summed E-state index contributed by atoms with van der Waals surface area (Å²) in [5.41, 5.74) is 7.86. The van der Waals surface area contributed by atoms with Crippen molar-refractivity contribution in [1.82, 2.24) is 4.58 Å². The molecule has 0 atom stereocenters.